The van der Waals surface area contributed by atoms with Crippen LogP contribution in [-0.4, -0.2) is 41.7 Å². The van der Waals surface area contributed by atoms with Crippen molar-refractivity contribution in [2.24, 2.45) is 0 Å². The molecular weight excluding hydrogens is 214 g/mol. The van der Waals surface area contributed by atoms with Gasteiger partial charge in [-0.25, -0.2) is 4.79 Å². The monoisotopic (exact) mass is 232 g/mol. The highest BCUT2D eigenvalue weighted by Crippen LogP contribution is 2.54. The molecule has 2 fully saturated rings. The highest BCUT2D eigenvalue weighted by Gasteiger charge is 2.67. The van der Waals surface area contributed by atoms with Crippen molar-refractivity contribution in [3.63, 3.8) is 0 Å². The average molecular weight is 232 g/mol. The molecule has 1 aliphatic carbocycles. The lowest BCUT2D eigenvalue weighted by atomic mass is 9.80. The molecule has 0 aromatic rings. The third-order valence-electron chi connectivity index (χ3n) is 5.43. The van der Waals surface area contributed by atoms with Gasteiger partial charge in [-0.15, -0.1) is 0 Å². The van der Waals surface area contributed by atoms with Gasteiger partial charge < -0.3 is 9.22 Å². The number of quaternary nitrogens is 1. The van der Waals surface area contributed by atoms with Crippen LogP contribution in [0.4, 0.5) is 0 Å². The molecule has 4 rings (SSSR count). The fourth-order valence-electron chi connectivity index (χ4n) is 4.61. The maximum Gasteiger partial charge on any atom is 0.332 e. The van der Waals surface area contributed by atoms with E-state index in [1.807, 2.05) is 0 Å². The zero-order chi connectivity index (χ0) is 11.7. The van der Waals surface area contributed by atoms with Gasteiger partial charge in [0.1, 0.15) is 12.1 Å². The predicted octanol–water partition coefficient (Wildman–Crippen LogP) is 1.55. The number of carbonyl (C=O) groups excluding carboxylic acids is 1. The summed E-state index contributed by atoms with van der Waals surface area (Å²) in [5.74, 6) is -0.135. The molecule has 1 spiro atoms. The lowest BCUT2D eigenvalue weighted by molar-refractivity contribution is -0.944. The molecule has 1 unspecified atom stereocenters. The Morgan fingerprint density at radius 1 is 1.47 bits per heavy atom. The Kier molecular flexibility index (Phi) is 1.65. The summed E-state index contributed by atoms with van der Waals surface area (Å²) in [5, 5.41) is 0. The number of rotatable bonds is 0. The first-order valence-electron chi connectivity index (χ1n) is 6.63. The maximum atomic E-state index is 11.6. The van der Waals surface area contributed by atoms with Gasteiger partial charge in [-0.2, -0.15) is 0 Å². The molecular formula is C14H18NO2+. The summed E-state index contributed by atoms with van der Waals surface area (Å²) >= 11 is 0. The largest absolute Gasteiger partial charge is 0.444 e. The molecule has 0 N–H and O–H groups in total. The zero-order valence-electron chi connectivity index (χ0n) is 10.2. The van der Waals surface area contributed by atoms with E-state index < -0.39 is 0 Å². The predicted molar refractivity (Wildman–Crippen MR) is 63.1 cm³/mol. The van der Waals surface area contributed by atoms with Gasteiger partial charge in [-0.05, 0) is 18.9 Å². The van der Waals surface area contributed by atoms with Crippen molar-refractivity contribution in [3.8, 4) is 0 Å². The Balaban J connectivity index is 1.89. The normalized spacial score (nSPS) is 50.6. The van der Waals surface area contributed by atoms with Gasteiger partial charge in [-0.1, -0.05) is 6.08 Å². The molecule has 3 aliphatic heterocycles. The van der Waals surface area contributed by atoms with Crippen molar-refractivity contribution in [3.05, 3.63) is 23.8 Å². The van der Waals surface area contributed by atoms with Gasteiger partial charge in [0.15, 0.2) is 5.60 Å². The van der Waals surface area contributed by atoms with Gasteiger partial charge in [0.2, 0.25) is 0 Å². The number of carbonyl (C=O) groups is 1. The summed E-state index contributed by atoms with van der Waals surface area (Å²) in [6, 6.07) is 1.03. The summed E-state index contributed by atoms with van der Waals surface area (Å²) in [4.78, 5) is 11.6. The number of ether oxygens (including phenoxy) is 1. The van der Waals surface area contributed by atoms with E-state index >= 15 is 0 Å². The second-order valence-electron chi connectivity index (χ2n) is 6.12. The van der Waals surface area contributed by atoms with Crippen molar-refractivity contribution in [2.75, 3.05) is 13.6 Å². The topological polar surface area (TPSA) is 26.3 Å². The fraction of sp³-hybridized carbons (Fsp3) is 0.643. The molecule has 0 saturated carbocycles. The van der Waals surface area contributed by atoms with E-state index in [0.29, 0.717) is 12.1 Å². The molecule has 2 bridgehead atoms. The number of piperidine rings is 1. The fourth-order valence-corrected chi connectivity index (χ4v) is 4.61. The standard InChI is InChI=1S/C14H18NO2/c1-15-7-3-2-4-12(15)14-9-11(15)6-5-10(14)8-13(16)17-14/h5-6,8,11-12H,2-4,7,9H2,1H3/q+1/t11-,12-,14+,15?/m1/s1. The SMILES string of the molecule is C[N+]12CCCC[C@@H]1[C@]13C[C@H]2C=CC1=CC(=O)O3. The van der Waals surface area contributed by atoms with Gasteiger partial charge in [0.05, 0.1) is 20.0 Å². The molecule has 4 aliphatic rings. The van der Waals surface area contributed by atoms with Crippen molar-refractivity contribution in [1.29, 1.82) is 0 Å². The van der Waals surface area contributed by atoms with Crippen molar-refractivity contribution >= 4 is 5.97 Å². The van der Waals surface area contributed by atoms with E-state index in [1.165, 1.54) is 25.8 Å². The highest BCUT2D eigenvalue weighted by atomic mass is 16.6. The van der Waals surface area contributed by atoms with E-state index in [0.717, 1.165) is 16.5 Å². The van der Waals surface area contributed by atoms with E-state index in [4.69, 9.17) is 4.74 Å². The molecule has 0 aromatic heterocycles. The van der Waals surface area contributed by atoms with Crippen LogP contribution in [-0.2, 0) is 9.53 Å². The summed E-state index contributed by atoms with van der Waals surface area (Å²) in [6.45, 7) is 1.23. The van der Waals surface area contributed by atoms with Crippen LogP contribution in [0.5, 0.6) is 0 Å². The molecule has 3 heteroatoms. The van der Waals surface area contributed by atoms with E-state index in [2.05, 4.69) is 19.2 Å². The minimum atomic E-state index is -0.272. The van der Waals surface area contributed by atoms with Crippen LogP contribution in [0.1, 0.15) is 25.7 Å². The number of likely N-dealkylation sites (N-methyl/N-ethyl adjacent to an activating group) is 1. The van der Waals surface area contributed by atoms with Crippen LogP contribution < -0.4 is 0 Å². The minimum Gasteiger partial charge on any atom is -0.444 e. The minimum absolute atomic E-state index is 0.135. The van der Waals surface area contributed by atoms with Crippen LogP contribution in [0.2, 0.25) is 0 Å². The molecule has 0 amide bonds. The lowest BCUT2D eigenvalue weighted by Crippen LogP contribution is -2.59. The van der Waals surface area contributed by atoms with Crippen LogP contribution in [0.3, 0.4) is 0 Å². The van der Waals surface area contributed by atoms with Gasteiger partial charge in [0, 0.05) is 18.1 Å². The first kappa shape index (κ1) is 9.89. The number of nitrogens with zero attached hydrogens (tertiary/aromatic N) is 1. The third-order valence-corrected chi connectivity index (χ3v) is 5.43. The van der Waals surface area contributed by atoms with Crippen LogP contribution in [0.25, 0.3) is 0 Å². The Morgan fingerprint density at radius 3 is 3.24 bits per heavy atom. The first-order chi connectivity index (χ1) is 8.15. The molecule has 2 saturated heterocycles. The number of esters is 1. The molecule has 3 heterocycles. The molecule has 0 aromatic carbocycles. The van der Waals surface area contributed by atoms with E-state index in [-0.39, 0.29) is 11.6 Å². The Hall–Kier alpha value is -1.09. The smallest absolute Gasteiger partial charge is 0.332 e. The average Bonchev–Trinajstić information content (AvgIpc) is 2.73. The quantitative estimate of drug-likeness (QED) is 0.468. The summed E-state index contributed by atoms with van der Waals surface area (Å²) in [5.41, 5.74) is 0.860. The highest BCUT2D eigenvalue weighted by molar-refractivity contribution is 5.88. The number of hydrogen-bond acceptors (Lipinski definition) is 2. The van der Waals surface area contributed by atoms with Crippen molar-refractivity contribution in [1.82, 2.24) is 0 Å². The second-order valence-corrected chi connectivity index (χ2v) is 6.12. The summed E-state index contributed by atoms with van der Waals surface area (Å²) in [7, 11) is 2.35. The molecule has 17 heavy (non-hydrogen) atoms. The number of hydrogen-bond donors (Lipinski definition) is 0. The molecule has 0 radical (unpaired) electrons. The summed E-state index contributed by atoms with van der Waals surface area (Å²) in [6.07, 6.45) is 10.9. The van der Waals surface area contributed by atoms with Gasteiger partial charge in [0.25, 0.3) is 0 Å². The molecule has 3 nitrogen and oxygen atoms in total. The van der Waals surface area contributed by atoms with Gasteiger partial charge >= 0.3 is 5.97 Å². The Morgan fingerprint density at radius 2 is 2.35 bits per heavy atom. The third kappa shape index (κ3) is 0.998. The zero-order valence-corrected chi connectivity index (χ0v) is 10.2. The van der Waals surface area contributed by atoms with Crippen LogP contribution in [0.15, 0.2) is 23.8 Å². The molecule has 90 valence electrons. The Labute approximate surface area is 101 Å². The number of fused-ring (bicyclic) bond motifs is 3. The van der Waals surface area contributed by atoms with Crippen LogP contribution in [0, 0.1) is 0 Å². The molecule has 4 atom stereocenters. The summed E-state index contributed by atoms with van der Waals surface area (Å²) < 4.78 is 6.86. The van der Waals surface area contributed by atoms with E-state index in [1.54, 1.807) is 6.08 Å². The second kappa shape index (κ2) is 2.83. The Bertz CT molecular complexity index is 467. The lowest BCUT2D eigenvalue weighted by Gasteiger charge is -2.44. The van der Waals surface area contributed by atoms with Crippen LogP contribution >= 0.6 is 0 Å². The van der Waals surface area contributed by atoms with Crippen molar-refractivity contribution < 1.29 is 14.0 Å². The van der Waals surface area contributed by atoms with E-state index in [9.17, 15) is 4.79 Å². The van der Waals surface area contributed by atoms with Crippen molar-refractivity contribution in [2.45, 2.75) is 43.4 Å². The van der Waals surface area contributed by atoms with Gasteiger partial charge in [-0.3, -0.25) is 0 Å². The first-order valence-corrected chi connectivity index (χ1v) is 6.63. The maximum absolute atomic E-state index is 11.6.